The summed E-state index contributed by atoms with van der Waals surface area (Å²) in [7, 11) is 0. The number of nitrogen functional groups attached to an aromatic ring is 1. The third-order valence-electron chi connectivity index (χ3n) is 9.48. The molecule has 13 heteroatoms. The van der Waals surface area contributed by atoms with Gasteiger partial charge in [-0.2, -0.15) is 4.98 Å². The number of rotatable bonds is 20. The van der Waals surface area contributed by atoms with E-state index in [4.69, 9.17) is 31.5 Å². The standard InChI is InChI=1S/C39H62ClN5O7/c1-26-30(46)22-31(52-26)45-23-29(32(41)43-35(45)49)36(2,3)24-37(4,5)44-34(48)28-16-14-27(15-17-28)33(47)42-20-21-50-39(8,9)25-51-38(6,7)18-12-10-11-13-19-40/h14-17,23,26,30-31,46H,10-13,18-22,24-25H2,1-9H3,(H,42,47)(H,44,48)(H2,41,43,49)/t26-,30?,31-/m1/s1. The van der Waals surface area contributed by atoms with Crippen molar-refractivity contribution in [2.75, 3.05) is 31.4 Å². The van der Waals surface area contributed by atoms with Crippen LogP contribution in [0.5, 0.6) is 0 Å². The molecule has 5 N–H and O–H groups in total. The van der Waals surface area contributed by atoms with Gasteiger partial charge >= 0.3 is 5.69 Å². The van der Waals surface area contributed by atoms with Crippen LogP contribution in [0.25, 0.3) is 0 Å². The Morgan fingerprint density at radius 3 is 2.19 bits per heavy atom. The van der Waals surface area contributed by atoms with Gasteiger partial charge in [0, 0.05) is 47.3 Å². The number of nitrogens with one attached hydrogen (secondary N) is 2. The van der Waals surface area contributed by atoms with E-state index in [-0.39, 0.29) is 29.7 Å². The van der Waals surface area contributed by atoms with Crippen LogP contribution in [0.3, 0.4) is 0 Å². The lowest BCUT2D eigenvalue weighted by atomic mass is 9.75. The van der Waals surface area contributed by atoms with Crippen molar-refractivity contribution in [3.63, 3.8) is 0 Å². The molecule has 1 aliphatic heterocycles. The highest BCUT2D eigenvalue weighted by atomic mass is 35.5. The molecule has 1 unspecified atom stereocenters. The summed E-state index contributed by atoms with van der Waals surface area (Å²) in [6.45, 7) is 18.8. The third kappa shape index (κ3) is 13.1. The van der Waals surface area contributed by atoms with E-state index < -0.39 is 40.7 Å². The van der Waals surface area contributed by atoms with Crippen LogP contribution < -0.4 is 22.1 Å². The number of aliphatic hydroxyl groups excluding tert-OH is 1. The maximum Gasteiger partial charge on any atom is 0.351 e. The zero-order valence-corrected chi connectivity index (χ0v) is 33.4. The Morgan fingerprint density at radius 1 is 0.981 bits per heavy atom. The van der Waals surface area contributed by atoms with E-state index in [0.717, 1.165) is 32.1 Å². The van der Waals surface area contributed by atoms with E-state index in [1.54, 1.807) is 37.4 Å². The molecular formula is C39H62ClN5O7. The van der Waals surface area contributed by atoms with Crippen LogP contribution in [0.15, 0.2) is 35.3 Å². The van der Waals surface area contributed by atoms with Crippen LogP contribution in [0, 0.1) is 0 Å². The second-order valence-electron chi connectivity index (χ2n) is 16.6. The lowest BCUT2D eigenvalue weighted by Gasteiger charge is -2.36. The number of carbonyl (C=O) groups excluding carboxylic acids is 2. The van der Waals surface area contributed by atoms with Crippen molar-refractivity contribution in [1.82, 2.24) is 20.2 Å². The normalized spacial score (nSPS) is 18.4. The minimum Gasteiger partial charge on any atom is -0.390 e. The molecule has 3 rings (SSSR count). The van der Waals surface area contributed by atoms with Gasteiger partial charge in [-0.05, 0) is 97.4 Å². The minimum absolute atomic E-state index is 0.109. The van der Waals surface area contributed by atoms with E-state index in [2.05, 4.69) is 29.5 Å². The molecule has 1 aliphatic rings. The average molecular weight is 748 g/mol. The molecule has 2 amide bonds. The number of aliphatic hydroxyl groups is 1. The number of amides is 2. The number of nitrogens with two attached hydrogens (primary N) is 1. The number of unbranched alkanes of at least 4 members (excludes halogenated alkanes) is 3. The van der Waals surface area contributed by atoms with Crippen molar-refractivity contribution in [1.29, 1.82) is 0 Å². The summed E-state index contributed by atoms with van der Waals surface area (Å²) < 4.78 is 19.4. The van der Waals surface area contributed by atoms with Crippen molar-refractivity contribution in [2.45, 2.75) is 148 Å². The monoisotopic (exact) mass is 747 g/mol. The number of hydrogen-bond donors (Lipinski definition) is 4. The van der Waals surface area contributed by atoms with Crippen LogP contribution in [-0.4, -0.2) is 81.1 Å². The first-order valence-corrected chi connectivity index (χ1v) is 19.0. The number of anilines is 1. The second kappa shape index (κ2) is 18.3. The molecule has 1 fully saturated rings. The Morgan fingerprint density at radius 2 is 1.60 bits per heavy atom. The van der Waals surface area contributed by atoms with Crippen molar-refractivity contribution in [3.05, 3.63) is 57.6 Å². The second-order valence-corrected chi connectivity index (χ2v) is 16.9. The highest BCUT2D eigenvalue weighted by Gasteiger charge is 2.37. The van der Waals surface area contributed by atoms with Gasteiger partial charge in [0.25, 0.3) is 11.8 Å². The Kier molecular flexibility index (Phi) is 15.3. The molecule has 0 radical (unpaired) electrons. The molecule has 1 aromatic heterocycles. The Labute approximate surface area is 314 Å². The number of carbonyl (C=O) groups is 2. The molecule has 0 saturated carbocycles. The minimum atomic E-state index is -0.697. The van der Waals surface area contributed by atoms with Gasteiger partial charge in [0.1, 0.15) is 12.0 Å². The zero-order chi connectivity index (χ0) is 38.9. The van der Waals surface area contributed by atoms with Crippen molar-refractivity contribution in [2.24, 2.45) is 0 Å². The number of hydrogen-bond acceptors (Lipinski definition) is 9. The molecule has 1 saturated heterocycles. The van der Waals surface area contributed by atoms with E-state index in [0.29, 0.717) is 48.7 Å². The van der Waals surface area contributed by atoms with Crippen LogP contribution in [0.4, 0.5) is 5.82 Å². The third-order valence-corrected chi connectivity index (χ3v) is 9.74. The summed E-state index contributed by atoms with van der Waals surface area (Å²) in [5.74, 6) is 0.263. The van der Waals surface area contributed by atoms with E-state index in [1.165, 1.54) is 4.57 Å². The fraction of sp³-hybridized carbons (Fsp3) is 0.692. The smallest absolute Gasteiger partial charge is 0.351 e. The maximum absolute atomic E-state index is 13.3. The van der Waals surface area contributed by atoms with Gasteiger partial charge in [-0.15, -0.1) is 11.6 Å². The first kappa shape index (κ1) is 43.4. The molecular weight excluding hydrogens is 686 g/mol. The zero-order valence-electron chi connectivity index (χ0n) is 32.6. The van der Waals surface area contributed by atoms with Gasteiger partial charge in [-0.1, -0.05) is 33.1 Å². The molecule has 2 heterocycles. The Hall–Kier alpha value is -3.03. The molecule has 0 bridgehead atoms. The van der Waals surface area contributed by atoms with Crippen molar-refractivity contribution in [3.8, 4) is 0 Å². The summed E-state index contributed by atoms with van der Waals surface area (Å²) in [6, 6.07) is 6.49. The predicted octanol–water partition coefficient (Wildman–Crippen LogP) is 5.88. The number of ether oxygens (including phenoxy) is 3. The lowest BCUT2D eigenvalue weighted by molar-refractivity contribution is -0.121. The van der Waals surface area contributed by atoms with Crippen LogP contribution in [-0.2, 0) is 19.6 Å². The fourth-order valence-electron chi connectivity index (χ4n) is 6.65. The Balaban J connectivity index is 1.49. The molecule has 12 nitrogen and oxygen atoms in total. The molecule has 3 atom stereocenters. The van der Waals surface area contributed by atoms with Gasteiger partial charge in [-0.25, -0.2) is 4.79 Å². The summed E-state index contributed by atoms with van der Waals surface area (Å²) in [6.07, 6.45) is 6.04. The van der Waals surface area contributed by atoms with Gasteiger partial charge in [0.15, 0.2) is 0 Å². The average Bonchev–Trinajstić information content (AvgIpc) is 3.38. The maximum atomic E-state index is 13.3. The SMILES string of the molecule is C[C@H]1O[C@@H](n2cc(C(C)(C)CC(C)(C)NC(=O)c3ccc(C(=O)NCCOC(C)(C)COC(C)(C)CCCCCCCl)cc3)c(N)nc2=O)CC1O. The molecule has 52 heavy (non-hydrogen) atoms. The Bertz CT molecular complexity index is 1530. The summed E-state index contributed by atoms with van der Waals surface area (Å²) in [5.41, 5.74) is 5.09. The first-order chi connectivity index (χ1) is 24.2. The van der Waals surface area contributed by atoms with Gasteiger partial charge in [-0.3, -0.25) is 14.2 Å². The van der Waals surface area contributed by atoms with E-state index in [9.17, 15) is 19.5 Å². The van der Waals surface area contributed by atoms with Crippen LogP contribution in [0.1, 0.15) is 140 Å². The lowest BCUT2D eigenvalue weighted by Crippen LogP contribution is -2.47. The molecule has 0 aliphatic carbocycles. The van der Waals surface area contributed by atoms with E-state index in [1.807, 2.05) is 41.5 Å². The van der Waals surface area contributed by atoms with Gasteiger partial charge in [0.2, 0.25) is 0 Å². The van der Waals surface area contributed by atoms with Crippen LogP contribution >= 0.6 is 11.6 Å². The molecule has 1 aromatic carbocycles. The number of alkyl halides is 1. The fourth-order valence-corrected chi connectivity index (χ4v) is 6.84. The molecule has 292 valence electrons. The van der Waals surface area contributed by atoms with Crippen molar-refractivity contribution >= 4 is 29.2 Å². The number of nitrogens with zero attached hydrogens (tertiary/aromatic N) is 2. The van der Waals surface area contributed by atoms with Gasteiger partial charge < -0.3 is 35.7 Å². The number of halogens is 1. The largest absolute Gasteiger partial charge is 0.390 e. The van der Waals surface area contributed by atoms with Gasteiger partial charge in [0.05, 0.1) is 36.6 Å². The van der Waals surface area contributed by atoms with E-state index >= 15 is 0 Å². The molecule has 2 aromatic rings. The highest BCUT2D eigenvalue weighted by Crippen LogP contribution is 2.36. The van der Waals surface area contributed by atoms with Crippen LogP contribution in [0.2, 0.25) is 0 Å². The molecule has 0 spiro atoms. The summed E-state index contributed by atoms with van der Waals surface area (Å²) >= 11 is 5.77. The topological polar surface area (TPSA) is 167 Å². The predicted molar refractivity (Wildman–Crippen MR) is 205 cm³/mol. The number of aromatic nitrogens is 2. The van der Waals surface area contributed by atoms with Crippen molar-refractivity contribution < 1.29 is 28.9 Å². The summed E-state index contributed by atoms with van der Waals surface area (Å²) in [4.78, 5) is 42.9. The quantitative estimate of drug-likeness (QED) is 0.0956. The number of benzene rings is 1. The highest BCUT2D eigenvalue weighted by molar-refractivity contribution is 6.17. The summed E-state index contributed by atoms with van der Waals surface area (Å²) in [5, 5.41) is 16.1. The first-order valence-electron chi connectivity index (χ1n) is 18.4.